The second kappa shape index (κ2) is 6.76. The Bertz CT molecular complexity index is 689. The Hall–Kier alpha value is -2.44. The van der Waals surface area contributed by atoms with Crippen LogP contribution in [0.1, 0.15) is 30.5 Å². The van der Waals surface area contributed by atoms with Crippen LogP contribution in [0.4, 0.5) is 4.39 Å². The number of benzene rings is 1. The Morgan fingerprint density at radius 1 is 1.48 bits per heavy atom. The van der Waals surface area contributed by atoms with E-state index in [9.17, 15) is 9.18 Å². The maximum atomic E-state index is 13.5. The van der Waals surface area contributed by atoms with Crippen LogP contribution in [0.25, 0.3) is 0 Å². The number of aromatic nitrogens is 2. The average Bonchev–Trinajstić information content (AvgIpc) is 3.00. The number of likely N-dealkylation sites (tertiary alicyclic amines) is 1. The van der Waals surface area contributed by atoms with Crippen molar-refractivity contribution in [2.45, 2.75) is 25.7 Å². The number of carbonyl (C=O) groups excluding carboxylic acids is 1. The molecule has 1 aliphatic heterocycles. The number of amides is 1. The van der Waals surface area contributed by atoms with Gasteiger partial charge in [0.1, 0.15) is 0 Å². The molecule has 0 aliphatic carbocycles. The van der Waals surface area contributed by atoms with Gasteiger partial charge < -0.3 is 14.2 Å². The molecular formula is C16H18FN3O3. The molecule has 0 spiro atoms. The molecule has 7 heteroatoms. The van der Waals surface area contributed by atoms with E-state index in [0.717, 1.165) is 12.8 Å². The fraction of sp³-hybridized carbons (Fsp3) is 0.438. The lowest BCUT2D eigenvalue weighted by Gasteiger charge is -2.30. The van der Waals surface area contributed by atoms with Gasteiger partial charge in [-0.15, -0.1) is 0 Å². The fourth-order valence-corrected chi connectivity index (χ4v) is 2.68. The quantitative estimate of drug-likeness (QED) is 0.865. The zero-order valence-electron chi connectivity index (χ0n) is 12.9. The summed E-state index contributed by atoms with van der Waals surface area (Å²) in [5.41, 5.74) is 0. The zero-order chi connectivity index (χ0) is 16.2. The molecule has 122 valence electrons. The first kappa shape index (κ1) is 15.5. The van der Waals surface area contributed by atoms with E-state index in [4.69, 9.17) is 9.26 Å². The average molecular weight is 319 g/mol. The summed E-state index contributed by atoms with van der Waals surface area (Å²) in [5.74, 6) is 0.637. The van der Waals surface area contributed by atoms with Crippen molar-refractivity contribution < 1.29 is 18.4 Å². The largest absolute Gasteiger partial charge is 0.481 e. The Morgan fingerprint density at radius 3 is 3.04 bits per heavy atom. The summed E-state index contributed by atoms with van der Waals surface area (Å²) in [6.07, 6.45) is 1.76. The number of hydrogen-bond donors (Lipinski definition) is 0. The number of halogens is 1. The van der Waals surface area contributed by atoms with Crippen molar-refractivity contribution in [3.63, 3.8) is 0 Å². The second-order valence-electron chi connectivity index (χ2n) is 5.58. The van der Waals surface area contributed by atoms with Crippen molar-refractivity contribution in [3.05, 3.63) is 41.8 Å². The minimum absolute atomic E-state index is 0.0439. The number of hydrogen-bond acceptors (Lipinski definition) is 5. The van der Waals surface area contributed by atoms with Crippen molar-refractivity contribution in [1.29, 1.82) is 0 Å². The van der Waals surface area contributed by atoms with Crippen LogP contribution in [0.5, 0.6) is 5.75 Å². The van der Waals surface area contributed by atoms with Crippen LogP contribution in [-0.4, -0.2) is 40.6 Å². The molecule has 0 N–H and O–H groups in total. The summed E-state index contributed by atoms with van der Waals surface area (Å²) in [7, 11) is 0. The SMILES string of the molecule is Cc1noc([C@H]2CCCN(C(=O)COc3ccccc3F)C2)n1. The molecule has 1 amide bonds. The normalized spacial score (nSPS) is 18.0. The summed E-state index contributed by atoms with van der Waals surface area (Å²) in [5, 5.41) is 3.79. The predicted molar refractivity (Wildman–Crippen MR) is 79.5 cm³/mol. The van der Waals surface area contributed by atoms with Gasteiger partial charge in [0, 0.05) is 13.1 Å². The smallest absolute Gasteiger partial charge is 0.260 e. The molecule has 0 bridgehead atoms. The van der Waals surface area contributed by atoms with Crippen molar-refractivity contribution in [2.24, 2.45) is 0 Å². The molecule has 0 unspecified atom stereocenters. The van der Waals surface area contributed by atoms with E-state index < -0.39 is 5.82 Å². The Morgan fingerprint density at radius 2 is 2.30 bits per heavy atom. The molecule has 1 aromatic carbocycles. The number of piperidine rings is 1. The lowest BCUT2D eigenvalue weighted by Crippen LogP contribution is -2.41. The van der Waals surface area contributed by atoms with E-state index in [-0.39, 0.29) is 24.2 Å². The standard InChI is InChI=1S/C16H18FN3O3/c1-11-18-16(23-19-11)12-5-4-8-20(9-12)15(21)10-22-14-7-3-2-6-13(14)17/h2-3,6-7,12H,4-5,8-10H2,1H3/t12-/m0/s1. The monoisotopic (exact) mass is 319 g/mol. The van der Waals surface area contributed by atoms with E-state index in [0.29, 0.717) is 24.8 Å². The molecule has 0 saturated carbocycles. The topological polar surface area (TPSA) is 68.5 Å². The van der Waals surface area contributed by atoms with Gasteiger partial charge in [-0.25, -0.2) is 4.39 Å². The fourth-order valence-electron chi connectivity index (χ4n) is 2.68. The van der Waals surface area contributed by atoms with Crippen molar-refractivity contribution in [2.75, 3.05) is 19.7 Å². The molecule has 1 aliphatic rings. The summed E-state index contributed by atoms with van der Waals surface area (Å²) >= 11 is 0. The highest BCUT2D eigenvalue weighted by molar-refractivity contribution is 5.78. The third-order valence-electron chi connectivity index (χ3n) is 3.85. The Labute approximate surface area is 133 Å². The molecule has 1 aromatic heterocycles. The molecule has 2 heterocycles. The van der Waals surface area contributed by atoms with Gasteiger partial charge in [-0.2, -0.15) is 4.98 Å². The van der Waals surface area contributed by atoms with E-state index in [1.165, 1.54) is 12.1 Å². The molecule has 23 heavy (non-hydrogen) atoms. The highest BCUT2D eigenvalue weighted by Crippen LogP contribution is 2.25. The van der Waals surface area contributed by atoms with Gasteiger partial charge in [0.05, 0.1) is 5.92 Å². The van der Waals surface area contributed by atoms with Crippen LogP contribution in [0.2, 0.25) is 0 Å². The van der Waals surface area contributed by atoms with Crippen LogP contribution in [0.3, 0.4) is 0 Å². The van der Waals surface area contributed by atoms with E-state index >= 15 is 0 Å². The number of aryl methyl sites for hydroxylation is 1. The second-order valence-corrected chi connectivity index (χ2v) is 5.58. The first-order valence-corrected chi connectivity index (χ1v) is 7.59. The maximum absolute atomic E-state index is 13.5. The van der Waals surface area contributed by atoms with E-state index in [1.54, 1.807) is 24.0 Å². The third-order valence-corrected chi connectivity index (χ3v) is 3.85. The number of carbonyl (C=O) groups is 1. The summed E-state index contributed by atoms with van der Waals surface area (Å²) < 4.78 is 24.0. The molecule has 1 saturated heterocycles. The van der Waals surface area contributed by atoms with Gasteiger partial charge in [0.15, 0.2) is 24.0 Å². The Balaban J connectivity index is 1.58. The van der Waals surface area contributed by atoms with Gasteiger partial charge in [0.25, 0.3) is 5.91 Å². The zero-order valence-corrected chi connectivity index (χ0v) is 12.9. The molecule has 0 radical (unpaired) electrons. The molecular weight excluding hydrogens is 301 g/mol. The van der Waals surface area contributed by atoms with E-state index in [2.05, 4.69) is 10.1 Å². The highest BCUT2D eigenvalue weighted by Gasteiger charge is 2.28. The first-order chi connectivity index (χ1) is 11.1. The number of para-hydroxylation sites is 1. The van der Waals surface area contributed by atoms with Crippen LogP contribution < -0.4 is 4.74 Å². The van der Waals surface area contributed by atoms with Crippen molar-refractivity contribution in [3.8, 4) is 5.75 Å². The highest BCUT2D eigenvalue weighted by atomic mass is 19.1. The van der Waals surface area contributed by atoms with Gasteiger partial charge in [-0.3, -0.25) is 4.79 Å². The minimum Gasteiger partial charge on any atom is -0.481 e. The van der Waals surface area contributed by atoms with E-state index in [1.807, 2.05) is 0 Å². The Kier molecular flexibility index (Phi) is 4.55. The number of ether oxygens (including phenoxy) is 1. The lowest BCUT2D eigenvalue weighted by atomic mass is 9.98. The van der Waals surface area contributed by atoms with Gasteiger partial charge in [0.2, 0.25) is 5.89 Å². The molecule has 2 aromatic rings. The molecule has 6 nitrogen and oxygen atoms in total. The molecule has 3 rings (SSSR count). The first-order valence-electron chi connectivity index (χ1n) is 7.59. The van der Waals surface area contributed by atoms with Gasteiger partial charge in [-0.1, -0.05) is 17.3 Å². The minimum atomic E-state index is -0.474. The number of nitrogens with zero attached hydrogens (tertiary/aromatic N) is 3. The molecule has 1 fully saturated rings. The van der Waals surface area contributed by atoms with Crippen molar-refractivity contribution in [1.82, 2.24) is 15.0 Å². The lowest BCUT2D eigenvalue weighted by molar-refractivity contribution is -0.134. The maximum Gasteiger partial charge on any atom is 0.260 e. The van der Waals surface area contributed by atoms with Crippen LogP contribution in [0, 0.1) is 12.7 Å². The summed E-state index contributed by atoms with van der Waals surface area (Å²) in [6.45, 7) is 2.75. The van der Waals surface area contributed by atoms with Gasteiger partial charge >= 0.3 is 0 Å². The van der Waals surface area contributed by atoms with Gasteiger partial charge in [-0.05, 0) is 31.9 Å². The molecule has 1 atom stereocenters. The summed E-state index contributed by atoms with van der Waals surface area (Å²) in [4.78, 5) is 18.2. The van der Waals surface area contributed by atoms with Crippen LogP contribution in [0.15, 0.2) is 28.8 Å². The predicted octanol–water partition coefficient (Wildman–Crippen LogP) is 2.30. The number of rotatable bonds is 4. The summed E-state index contributed by atoms with van der Waals surface area (Å²) in [6, 6.07) is 6.04. The third kappa shape index (κ3) is 3.67. The van der Waals surface area contributed by atoms with Crippen LogP contribution in [-0.2, 0) is 4.79 Å². The van der Waals surface area contributed by atoms with Crippen LogP contribution >= 0.6 is 0 Å². The van der Waals surface area contributed by atoms with Crippen molar-refractivity contribution >= 4 is 5.91 Å².